The summed E-state index contributed by atoms with van der Waals surface area (Å²) in [5.41, 5.74) is 2.02. The average Bonchev–Trinajstić information content (AvgIpc) is 2.76. The van der Waals surface area contributed by atoms with E-state index in [1.807, 2.05) is 6.07 Å². The van der Waals surface area contributed by atoms with E-state index >= 15 is 0 Å². The number of carbonyl (C=O) groups excluding carboxylic acids is 2. The van der Waals surface area contributed by atoms with Crippen molar-refractivity contribution in [2.75, 3.05) is 24.9 Å². The number of methoxy groups -OCH3 is 2. The molecule has 0 spiro atoms. The van der Waals surface area contributed by atoms with Crippen LogP contribution >= 0.6 is 0 Å². The van der Waals surface area contributed by atoms with Gasteiger partial charge < -0.3 is 20.1 Å². The number of anilines is 2. The van der Waals surface area contributed by atoms with Crippen molar-refractivity contribution in [1.29, 1.82) is 0 Å². The number of hydrogen-bond donors (Lipinski definition) is 2. The summed E-state index contributed by atoms with van der Waals surface area (Å²) in [6.07, 6.45) is 0. The Hall–Kier alpha value is -3.87. The Morgan fingerprint density at radius 1 is 0.800 bits per heavy atom. The molecule has 30 heavy (non-hydrogen) atoms. The fourth-order valence-electron chi connectivity index (χ4n) is 2.91. The molecule has 0 unspecified atom stereocenters. The molecule has 0 atom stereocenters. The lowest BCUT2D eigenvalue weighted by Gasteiger charge is -2.16. The van der Waals surface area contributed by atoms with E-state index in [4.69, 9.17) is 9.47 Å². The van der Waals surface area contributed by atoms with Gasteiger partial charge in [-0.05, 0) is 36.8 Å². The topological polar surface area (TPSA) is 76.7 Å². The summed E-state index contributed by atoms with van der Waals surface area (Å²) >= 11 is 0. The van der Waals surface area contributed by atoms with Crippen molar-refractivity contribution >= 4 is 23.2 Å². The van der Waals surface area contributed by atoms with Crippen molar-refractivity contribution in [2.24, 2.45) is 0 Å². The van der Waals surface area contributed by atoms with Crippen molar-refractivity contribution < 1.29 is 23.5 Å². The van der Waals surface area contributed by atoms with Gasteiger partial charge in [-0.3, -0.25) is 9.59 Å². The van der Waals surface area contributed by atoms with Gasteiger partial charge in [-0.2, -0.15) is 0 Å². The number of halogens is 1. The molecule has 3 aromatic carbocycles. The van der Waals surface area contributed by atoms with Crippen LogP contribution in [0.15, 0.2) is 60.7 Å². The van der Waals surface area contributed by atoms with Crippen LogP contribution in [-0.2, 0) is 0 Å². The van der Waals surface area contributed by atoms with Gasteiger partial charge in [-0.1, -0.05) is 24.3 Å². The van der Waals surface area contributed by atoms with Crippen molar-refractivity contribution in [3.8, 4) is 11.5 Å². The van der Waals surface area contributed by atoms with Gasteiger partial charge in [0.05, 0.1) is 25.6 Å². The van der Waals surface area contributed by atoms with Gasteiger partial charge in [0.25, 0.3) is 11.8 Å². The normalized spacial score (nSPS) is 10.3. The number of aryl methyl sites for hydroxylation is 1. The third kappa shape index (κ3) is 4.57. The van der Waals surface area contributed by atoms with E-state index in [2.05, 4.69) is 10.6 Å². The first-order chi connectivity index (χ1) is 14.4. The smallest absolute Gasteiger partial charge is 0.256 e. The molecule has 7 heteroatoms. The van der Waals surface area contributed by atoms with E-state index in [1.165, 1.54) is 38.5 Å². The van der Waals surface area contributed by atoms with Crippen LogP contribution in [0.3, 0.4) is 0 Å². The molecular weight excluding hydrogens is 387 g/mol. The van der Waals surface area contributed by atoms with Gasteiger partial charge in [0, 0.05) is 23.3 Å². The maximum absolute atomic E-state index is 13.6. The second-order valence-corrected chi connectivity index (χ2v) is 6.49. The molecule has 0 fully saturated rings. The van der Waals surface area contributed by atoms with E-state index < -0.39 is 11.7 Å². The van der Waals surface area contributed by atoms with Gasteiger partial charge in [-0.25, -0.2) is 4.39 Å². The van der Waals surface area contributed by atoms with Crippen molar-refractivity contribution in [1.82, 2.24) is 0 Å². The Morgan fingerprint density at radius 2 is 1.37 bits per heavy atom. The number of carbonyl (C=O) groups is 2. The van der Waals surface area contributed by atoms with Crippen molar-refractivity contribution in [2.45, 2.75) is 6.92 Å². The second kappa shape index (κ2) is 9.09. The Bertz CT molecular complexity index is 1080. The lowest BCUT2D eigenvalue weighted by Crippen LogP contribution is -2.16. The minimum absolute atomic E-state index is 0.206. The summed E-state index contributed by atoms with van der Waals surface area (Å²) in [4.78, 5) is 25.1. The number of amides is 2. The SMILES string of the molecule is COc1cc(NC(=O)c2cc(F)ccc2C)c(OC)cc1NC(=O)c1ccccc1. The van der Waals surface area contributed by atoms with Crippen LogP contribution in [0.4, 0.5) is 15.8 Å². The molecule has 6 nitrogen and oxygen atoms in total. The van der Waals surface area contributed by atoms with E-state index in [0.717, 1.165) is 0 Å². The summed E-state index contributed by atoms with van der Waals surface area (Å²) in [6, 6.07) is 15.8. The van der Waals surface area contributed by atoms with Gasteiger partial charge in [0.15, 0.2) is 0 Å². The molecule has 3 aromatic rings. The molecule has 0 aliphatic heterocycles. The van der Waals surface area contributed by atoms with E-state index in [9.17, 15) is 14.0 Å². The molecule has 3 rings (SSSR count). The first-order valence-electron chi connectivity index (χ1n) is 9.13. The third-order valence-corrected chi connectivity index (χ3v) is 4.50. The minimum atomic E-state index is -0.505. The molecule has 0 radical (unpaired) electrons. The number of ether oxygens (including phenoxy) is 2. The molecule has 2 amide bonds. The summed E-state index contributed by atoms with van der Waals surface area (Å²) in [7, 11) is 2.88. The first-order valence-corrected chi connectivity index (χ1v) is 9.13. The molecule has 2 N–H and O–H groups in total. The molecule has 154 valence electrons. The third-order valence-electron chi connectivity index (χ3n) is 4.50. The molecule has 0 aromatic heterocycles. The number of rotatable bonds is 6. The quantitative estimate of drug-likeness (QED) is 0.622. The Labute approximate surface area is 173 Å². The minimum Gasteiger partial charge on any atom is -0.494 e. The van der Waals surface area contributed by atoms with Crippen LogP contribution in [0.5, 0.6) is 11.5 Å². The van der Waals surface area contributed by atoms with Crippen LogP contribution in [0.1, 0.15) is 26.3 Å². The highest BCUT2D eigenvalue weighted by atomic mass is 19.1. The molecule has 0 saturated heterocycles. The lowest BCUT2D eigenvalue weighted by atomic mass is 10.1. The van der Waals surface area contributed by atoms with Crippen LogP contribution in [-0.4, -0.2) is 26.0 Å². The zero-order valence-electron chi connectivity index (χ0n) is 16.8. The predicted octanol–water partition coefficient (Wildman–Crippen LogP) is 4.66. The van der Waals surface area contributed by atoms with Gasteiger partial charge in [0.2, 0.25) is 0 Å². The van der Waals surface area contributed by atoms with Gasteiger partial charge >= 0.3 is 0 Å². The largest absolute Gasteiger partial charge is 0.494 e. The monoisotopic (exact) mass is 408 g/mol. The zero-order valence-corrected chi connectivity index (χ0v) is 16.8. The fourth-order valence-corrected chi connectivity index (χ4v) is 2.91. The van der Waals surface area contributed by atoms with Crippen LogP contribution in [0, 0.1) is 12.7 Å². The molecule has 0 aliphatic carbocycles. The first kappa shape index (κ1) is 20.9. The number of hydrogen-bond acceptors (Lipinski definition) is 4. The summed E-state index contributed by atoms with van der Waals surface area (Å²) in [5, 5.41) is 5.48. The highest BCUT2D eigenvalue weighted by molar-refractivity contribution is 6.08. The van der Waals surface area contributed by atoms with Crippen LogP contribution in [0.2, 0.25) is 0 Å². The highest BCUT2D eigenvalue weighted by Gasteiger charge is 2.18. The average molecular weight is 408 g/mol. The zero-order chi connectivity index (χ0) is 21.7. The van der Waals surface area contributed by atoms with E-state index in [1.54, 1.807) is 37.3 Å². The molecule has 0 bridgehead atoms. The maximum atomic E-state index is 13.6. The fraction of sp³-hybridized carbons (Fsp3) is 0.130. The molecule has 0 aliphatic rings. The van der Waals surface area contributed by atoms with E-state index in [0.29, 0.717) is 34.0 Å². The molecule has 0 saturated carbocycles. The summed E-state index contributed by atoms with van der Waals surface area (Å²) in [5.74, 6) is -0.682. The Morgan fingerprint density at radius 3 is 1.93 bits per heavy atom. The van der Waals surface area contributed by atoms with Gasteiger partial charge in [0.1, 0.15) is 17.3 Å². The maximum Gasteiger partial charge on any atom is 0.256 e. The Balaban J connectivity index is 1.90. The van der Waals surface area contributed by atoms with Crippen LogP contribution in [0.25, 0.3) is 0 Å². The number of nitrogens with one attached hydrogen (secondary N) is 2. The van der Waals surface area contributed by atoms with Crippen molar-refractivity contribution in [3.63, 3.8) is 0 Å². The number of benzene rings is 3. The molecule has 0 heterocycles. The highest BCUT2D eigenvalue weighted by Crippen LogP contribution is 2.37. The second-order valence-electron chi connectivity index (χ2n) is 6.49. The lowest BCUT2D eigenvalue weighted by molar-refractivity contribution is 0.101. The summed E-state index contributed by atoms with van der Waals surface area (Å²) < 4.78 is 24.3. The summed E-state index contributed by atoms with van der Waals surface area (Å²) in [6.45, 7) is 1.72. The standard InChI is InChI=1S/C23H21FN2O4/c1-14-9-10-16(24)11-17(14)23(28)26-19-13-20(29-2)18(12-21(19)30-3)25-22(27)15-7-5-4-6-8-15/h4-13H,1-3H3,(H,25,27)(H,26,28). The van der Waals surface area contributed by atoms with Gasteiger partial charge in [-0.15, -0.1) is 0 Å². The Kier molecular flexibility index (Phi) is 6.32. The van der Waals surface area contributed by atoms with E-state index in [-0.39, 0.29) is 11.5 Å². The predicted molar refractivity (Wildman–Crippen MR) is 113 cm³/mol. The molecular formula is C23H21FN2O4. The van der Waals surface area contributed by atoms with Crippen LogP contribution < -0.4 is 20.1 Å². The van der Waals surface area contributed by atoms with Crippen molar-refractivity contribution in [3.05, 3.63) is 83.2 Å².